The van der Waals surface area contributed by atoms with Crippen LogP contribution in [0.3, 0.4) is 0 Å². The molecular formula is C15H13FN4. The Hall–Kier alpha value is -2.53. The SMILES string of the molecule is NCc1ccc(F)cc1-c1cnnn1-c1ccccc1. The molecule has 0 radical (unpaired) electrons. The van der Waals surface area contributed by atoms with E-state index in [4.69, 9.17) is 5.73 Å². The zero-order valence-corrected chi connectivity index (χ0v) is 10.7. The van der Waals surface area contributed by atoms with Crippen LogP contribution in [0.5, 0.6) is 0 Å². The first-order valence-corrected chi connectivity index (χ1v) is 6.24. The molecule has 0 spiro atoms. The molecule has 3 rings (SSSR count). The monoisotopic (exact) mass is 268 g/mol. The van der Waals surface area contributed by atoms with Crippen molar-refractivity contribution in [2.24, 2.45) is 5.73 Å². The highest BCUT2D eigenvalue weighted by Gasteiger charge is 2.12. The first kappa shape index (κ1) is 12.5. The highest BCUT2D eigenvalue weighted by molar-refractivity contribution is 5.65. The molecule has 0 unspecified atom stereocenters. The van der Waals surface area contributed by atoms with E-state index in [0.29, 0.717) is 12.1 Å². The second kappa shape index (κ2) is 5.22. The third kappa shape index (κ3) is 2.19. The number of aromatic nitrogens is 3. The Morgan fingerprint density at radius 3 is 2.65 bits per heavy atom. The molecule has 0 aliphatic carbocycles. The summed E-state index contributed by atoms with van der Waals surface area (Å²) in [4.78, 5) is 0. The fourth-order valence-electron chi connectivity index (χ4n) is 2.14. The van der Waals surface area contributed by atoms with E-state index in [0.717, 1.165) is 16.9 Å². The van der Waals surface area contributed by atoms with Gasteiger partial charge in [0, 0.05) is 12.1 Å². The van der Waals surface area contributed by atoms with E-state index in [-0.39, 0.29) is 5.82 Å². The van der Waals surface area contributed by atoms with Gasteiger partial charge in [-0.05, 0) is 29.8 Å². The molecule has 0 atom stereocenters. The van der Waals surface area contributed by atoms with Crippen LogP contribution >= 0.6 is 0 Å². The van der Waals surface area contributed by atoms with Gasteiger partial charge in [0.1, 0.15) is 5.82 Å². The van der Waals surface area contributed by atoms with Crippen molar-refractivity contribution in [2.45, 2.75) is 6.54 Å². The number of hydrogen-bond donors (Lipinski definition) is 1. The number of para-hydroxylation sites is 1. The summed E-state index contributed by atoms with van der Waals surface area (Å²) in [7, 11) is 0. The number of rotatable bonds is 3. The van der Waals surface area contributed by atoms with Gasteiger partial charge in [0.2, 0.25) is 0 Å². The van der Waals surface area contributed by atoms with Crippen LogP contribution in [0.2, 0.25) is 0 Å². The van der Waals surface area contributed by atoms with Crippen molar-refractivity contribution in [1.82, 2.24) is 15.0 Å². The fourth-order valence-corrected chi connectivity index (χ4v) is 2.14. The first-order valence-electron chi connectivity index (χ1n) is 6.24. The predicted octanol–water partition coefficient (Wildman–Crippen LogP) is 2.53. The van der Waals surface area contributed by atoms with Crippen LogP contribution in [0, 0.1) is 5.82 Å². The Morgan fingerprint density at radius 1 is 1.10 bits per heavy atom. The minimum Gasteiger partial charge on any atom is -0.326 e. The van der Waals surface area contributed by atoms with Crippen LogP contribution in [0.1, 0.15) is 5.56 Å². The van der Waals surface area contributed by atoms with Gasteiger partial charge in [-0.1, -0.05) is 29.5 Å². The first-order chi connectivity index (χ1) is 9.79. The van der Waals surface area contributed by atoms with Gasteiger partial charge in [0.25, 0.3) is 0 Å². The van der Waals surface area contributed by atoms with E-state index >= 15 is 0 Å². The van der Waals surface area contributed by atoms with Crippen LogP contribution in [-0.4, -0.2) is 15.0 Å². The maximum Gasteiger partial charge on any atom is 0.123 e. The van der Waals surface area contributed by atoms with Gasteiger partial charge in [0.15, 0.2) is 0 Å². The molecule has 100 valence electrons. The molecule has 0 fully saturated rings. The zero-order valence-electron chi connectivity index (χ0n) is 10.7. The fraction of sp³-hybridized carbons (Fsp3) is 0.0667. The van der Waals surface area contributed by atoms with E-state index < -0.39 is 0 Å². The van der Waals surface area contributed by atoms with E-state index in [1.807, 2.05) is 30.3 Å². The lowest BCUT2D eigenvalue weighted by molar-refractivity contribution is 0.627. The third-order valence-corrected chi connectivity index (χ3v) is 3.12. The molecule has 2 aromatic carbocycles. The lowest BCUT2D eigenvalue weighted by atomic mass is 10.0. The highest BCUT2D eigenvalue weighted by Crippen LogP contribution is 2.25. The largest absolute Gasteiger partial charge is 0.326 e. The summed E-state index contributed by atoms with van der Waals surface area (Å²) in [5.41, 5.74) is 8.87. The second-order valence-electron chi connectivity index (χ2n) is 4.37. The zero-order chi connectivity index (χ0) is 13.9. The van der Waals surface area contributed by atoms with Crippen LogP contribution in [-0.2, 0) is 6.54 Å². The summed E-state index contributed by atoms with van der Waals surface area (Å²) in [6, 6.07) is 14.1. The average Bonchev–Trinajstić information content (AvgIpc) is 2.97. The maximum atomic E-state index is 13.5. The van der Waals surface area contributed by atoms with E-state index in [2.05, 4.69) is 10.3 Å². The quantitative estimate of drug-likeness (QED) is 0.794. The predicted molar refractivity (Wildman–Crippen MR) is 74.6 cm³/mol. The molecular weight excluding hydrogens is 255 g/mol. The van der Waals surface area contributed by atoms with Crippen LogP contribution in [0.25, 0.3) is 16.9 Å². The van der Waals surface area contributed by atoms with E-state index in [1.54, 1.807) is 16.9 Å². The Labute approximate surface area is 115 Å². The Morgan fingerprint density at radius 2 is 1.90 bits per heavy atom. The lowest BCUT2D eigenvalue weighted by Crippen LogP contribution is -2.04. The van der Waals surface area contributed by atoms with Crippen molar-refractivity contribution < 1.29 is 4.39 Å². The summed E-state index contributed by atoms with van der Waals surface area (Å²) in [5.74, 6) is -0.307. The van der Waals surface area contributed by atoms with Gasteiger partial charge in [-0.25, -0.2) is 9.07 Å². The highest BCUT2D eigenvalue weighted by atomic mass is 19.1. The number of nitrogens with zero attached hydrogens (tertiary/aromatic N) is 3. The maximum absolute atomic E-state index is 13.5. The van der Waals surface area contributed by atoms with Gasteiger partial charge >= 0.3 is 0 Å². The number of benzene rings is 2. The molecule has 0 amide bonds. The van der Waals surface area contributed by atoms with Crippen molar-refractivity contribution in [3.05, 3.63) is 66.1 Å². The summed E-state index contributed by atoms with van der Waals surface area (Å²) >= 11 is 0. The summed E-state index contributed by atoms with van der Waals surface area (Å²) in [5, 5.41) is 8.00. The molecule has 20 heavy (non-hydrogen) atoms. The van der Waals surface area contributed by atoms with Crippen molar-refractivity contribution in [3.8, 4) is 16.9 Å². The Bertz CT molecular complexity index is 722. The second-order valence-corrected chi connectivity index (χ2v) is 4.37. The summed E-state index contributed by atoms with van der Waals surface area (Å²) in [6.07, 6.45) is 1.61. The van der Waals surface area contributed by atoms with Crippen LogP contribution in [0.15, 0.2) is 54.7 Å². The topological polar surface area (TPSA) is 56.7 Å². The Kier molecular flexibility index (Phi) is 3.26. The van der Waals surface area contributed by atoms with Crippen LogP contribution < -0.4 is 5.73 Å². The summed E-state index contributed by atoms with van der Waals surface area (Å²) < 4.78 is 15.2. The molecule has 5 heteroatoms. The molecule has 3 aromatic rings. The normalized spacial score (nSPS) is 10.7. The molecule has 1 heterocycles. The van der Waals surface area contributed by atoms with Crippen molar-refractivity contribution >= 4 is 0 Å². The van der Waals surface area contributed by atoms with E-state index in [1.165, 1.54) is 12.1 Å². The van der Waals surface area contributed by atoms with Crippen molar-refractivity contribution in [3.63, 3.8) is 0 Å². The Balaban J connectivity index is 2.18. The lowest BCUT2D eigenvalue weighted by Gasteiger charge is -2.10. The molecule has 0 saturated heterocycles. The standard InChI is InChI=1S/C15H13FN4/c16-12-7-6-11(9-17)14(8-12)15-10-18-19-20(15)13-4-2-1-3-5-13/h1-8,10H,9,17H2. The molecule has 0 aliphatic heterocycles. The van der Waals surface area contributed by atoms with Gasteiger partial charge in [-0.15, -0.1) is 5.10 Å². The number of hydrogen-bond acceptors (Lipinski definition) is 3. The van der Waals surface area contributed by atoms with Gasteiger partial charge in [-0.3, -0.25) is 0 Å². The van der Waals surface area contributed by atoms with Crippen molar-refractivity contribution in [2.75, 3.05) is 0 Å². The third-order valence-electron chi connectivity index (χ3n) is 3.12. The van der Waals surface area contributed by atoms with Crippen molar-refractivity contribution in [1.29, 1.82) is 0 Å². The smallest absolute Gasteiger partial charge is 0.123 e. The van der Waals surface area contributed by atoms with Gasteiger partial charge < -0.3 is 5.73 Å². The molecule has 0 aliphatic rings. The average molecular weight is 268 g/mol. The molecule has 1 aromatic heterocycles. The number of nitrogens with two attached hydrogens (primary N) is 1. The molecule has 2 N–H and O–H groups in total. The molecule has 0 bridgehead atoms. The molecule has 4 nitrogen and oxygen atoms in total. The van der Waals surface area contributed by atoms with Gasteiger partial charge in [-0.2, -0.15) is 0 Å². The van der Waals surface area contributed by atoms with E-state index in [9.17, 15) is 4.39 Å². The minimum absolute atomic E-state index is 0.307. The van der Waals surface area contributed by atoms with Crippen LogP contribution in [0.4, 0.5) is 4.39 Å². The number of halogens is 1. The minimum atomic E-state index is -0.307. The molecule has 0 saturated carbocycles. The summed E-state index contributed by atoms with van der Waals surface area (Å²) in [6.45, 7) is 0.329. The van der Waals surface area contributed by atoms with Gasteiger partial charge in [0.05, 0.1) is 17.6 Å².